The fourth-order valence-electron chi connectivity index (χ4n) is 1.36. The van der Waals surface area contributed by atoms with E-state index in [9.17, 15) is 4.79 Å². The molecule has 92 valence electrons. The van der Waals surface area contributed by atoms with E-state index in [1.807, 2.05) is 16.8 Å². The lowest BCUT2D eigenvalue weighted by Gasteiger charge is -2.04. The van der Waals surface area contributed by atoms with Gasteiger partial charge in [0.15, 0.2) is 0 Å². The van der Waals surface area contributed by atoms with E-state index < -0.39 is 6.03 Å². The third-order valence-corrected chi connectivity index (χ3v) is 2.49. The van der Waals surface area contributed by atoms with Crippen LogP contribution in [0, 0.1) is 0 Å². The van der Waals surface area contributed by atoms with Gasteiger partial charge in [-0.25, -0.2) is 15.2 Å². The summed E-state index contributed by atoms with van der Waals surface area (Å²) in [6, 6.07) is 4.69. The summed E-state index contributed by atoms with van der Waals surface area (Å²) < 4.78 is 1.83. The van der Waals surface area contributed by atoms with Crippen LogP contribution >= 0.6 is 11.6 Å². The number of benzene rings is 1. The van der Waals surface area contributed by atoms with E-state index in [-0.39, 0.29) is 0 Å². The molecule has 0 fully saturated rings. The number of hydrogen-bond acceptors (Lipinski definition) is 3. The zero-order valence-corrected chi connectivity index (χ0v) is 10.0. The van der Waals surface area contributed by atoms with E-state index >= 15 is 0 Å². The van der Waals surface area contributed by atoms with Crippen molar-refractivity contribution in [2.75, 3.05) is 0 Å². The topological polar surface area (TPSA) is 85.3 Å². The second-order valence-electron chi connectivity index (χ2n) is 3.41. The Morgan fingerprint density at radius 3 is 3.00 bits per heavy atom. The van der Waals surface area contributed by atoms with Gasteiger partial charge in [0.2, 0.25) is 0 Å². The Morgan fingerprint density at radius 1 is 1.56 bits per heavy atom. The quantitative estimate of drug-likeness (QED) is 0.650. The molecule has 0 spiro atoms. The first-order valence-electron chi connectivity index (χ1n) is 5.03. The molecule has 0 unspecified atom stereocenters. The second-order valence-corrected chi connectivity index (χ2v) is 3.82. The standard InChI is InChI=1S/C11H10ClN5O/c12-10-5-9(17-4-3-14-7-17)2-1-8(10)6-15-16-11(13)18/h1-7H,(H3,13,16,18). The van der Waals surface area contributed by atoms with Gasteiger partial charge in [-0.15, -0.1) is 0 Å². The van der Waals surface area contributed by atoms with E-state index in [0.29, 0.717) is 10.6 Å². The molecule has 2 aromatic rings. The SMILES string of the molecule is NC(=O)NN=Cc1ccc(-n2ccnc2)cc1Cl. The maximum atomic E-state index is 10.4. The fraction of sp³-hybridized carbons (Fsp3) is 0. The molecule has 7 heteroatoms. The number of imidazole rings is 1. The first kappa shape index (κ1) is 12.1. The number of hydrazone groups is 1. The van der Waals surface area contributed by atoms with Crippen molar-refractivity contribution in [3.8, 4) is 5.69 Å². The first-order chi connectivity index (χ1) is 8.66. The summed E-state index contributed by atoms with van der Waals surface area (Å²) in [6.45, 7) is 0. The summed E-state index contributed by atoms with van der Waals surface area (Å²) in [5, 5.41) is 4.15. The maximum absolute atomic E-state index is 10.4. The number of rotatable bonds is 3. The van der Waals surface area contributed by atoms with Gasteiger partial charge in [0.25, 0.3) is 0 Å². The van der Waals surface area contributed by atoms with E-state index in [1.165, 1.54) is 6.21 Å². The van der Waals surface area contributed by atoms with Crippen LogP contribution in [0.1, 0.15) is 5.56 Å². The number of aromatic nitrogens is 2. The largest absolute Gasteiger partial charge is 0.350 e. The van der Waals surface area contributed by atoms with Crippen LogP contribution in [-0.4, -0.2) is 21.8 Å². The van der Waals surface area contributed by atoms with Crippen molar-refractivity contribution in [1.82, 2.24) is 15.0 Å². The van der Waals surface area contributed by atoms with Crippen molar-refractivity contribution < 1.29 is 4.79 Å². The minimum absolute atomic E-state index is 0.510. The van der Waals surface area contributed by atoms with E-state index in [2.05, 4.69) is 15.5 Å². The van der Waals surface area contributed by atoms with Gasteiger partial charge in [0.1, 0.15) is 0 Å². The number of carbonyl (C=O) groups is 1. The average Bonchev–Trinajstić information content (AvgIpc) is 2.84. The number of nitrogens with zero attached hydrogens (tertiary/aromatic N) is 3. The molecule has 2 amide bonds. The van der Waals surface area contributed by atoms with Crippen LogP contribution in [0.5, 0.6) is 0 Å². The molecule has 18 heavy (non-hydrogen) atoms. The summed E-state index contributed by atoms with van der Waals surface area (Å²) in [5.41, 5.74) is 8.54. The van der Waals surface area contributed by atoms with E-state index in [0.717, 1.165) is 5.69 Å². The molecule has 0 bridgehead atoms. The number of urea groups is 1. The molecule has 0 saturated heterocycles. The van der Waals surface area contributed by atoms with Crippen LogP contribution in [-0.2, 0) is 0 Å². The zero-order chi connectivity index (χ0) is 13.0. The van der Waals surface area contributed by atoms with Crippen molar-refractivity contribution >= 4 is 23.8 Å². The number of nitrogens with two attached hydrogens (primary N) is 1. The number of carbonyl (C=O) groups excluding carboxylic acids is 1. The smallest absolute Gasteiger partial charge is 0.332 e. The predicted molar refractivity (Wildman–Crippen MR) is 68.9 cm³/mol. The van der Waals surface area contributed by atoms with Gasteiger partial charge in [-0.2, -0.15) is 5.10 Å². The lowest BCUT2D eigenvalue weighted by Crippen LogP contribution is -2.24. The van der Waals surface area contributed by atoms with Crippen molar-refractivity contribution in [1.29, 1.82) is 0 Å². The van der Waals surface area contributed by atoms with Gasteiger partial charge in [0, 0.05) is 23.6 Å². The minimum atomic E-state index is -0.725. The monoisotopic (exact) mass is 263 g/mol. The lowest BCUT2D eigenvalue weighted by atomic mass is 10.2. The van der Waals surface area contributed by atoms with Crippen LogP contribution in [0.15, 0.2) is 42.0 Å². The van der Waals surface area contributed by atoms with Crippen LogP contribution in [0.3, 0.4) is 0 Å². The molecular formula is C11H10ClN5O. The Bertz CT molecular complexity index is 579. The summed E-state index contributed by atoms with van der Waals surface area (Å²) in [7, 11) is 0. The van der Waals surface area contributed by atoms with Crippen molar-refractivity contribution in [2.24, 2.45) is 10.8 Å². The Morgan fingerprint density at radius 2 is 2.39 bits per heavy atom. The Labute approximate surface area is 108 Å². The van der Waals surface area contributed by atoms with Crippen molar-refractivity contribution in [3.05, 3.63) is 47.5 Å². The molecule has 1 heterocycles. The minimum Gasteiger partial charge on any atom is -0.350 e. The van der Waals surface area contributed by atoms with Gasteiger partial charge < -0.3 is 10.3 Å². The summed E-state index contributed by atoms with van der Waals surface area (Å²) in [5.74, 6) is 0. The molecule has 0 aliphatic heterocycles. The number of hydrogen-bond donors (Lipinski definition) is 2. The average molecular weight is 264 g/mol. The molecule has 1 aromatic carbocycles. The first-order valence-corrected chi connectivity index (χ1v) is 5.41. The van der Waals surface area contributed by atoms with Gasteiger partial charge in [0.05, 0.1) is 17.6 Å². The third kappa shape index (κ3) is 2.86. The van der Waals surface area contributed by atoms with Gasteiger partial charge in [-0.3, -0.25) is 0 Å². The highest BCUT2D eigenvalue weighted by atomic mass is 35.5. The van der Waals surface area contributed by atoms with Crippen LogP contribution in [0.25, 0.3) is 5.69 Å². The van der Waals surface area contributed by atoms with E-state index in [1.54, 1.807) is 24.7 Å². The molecule has 0 aliphatic rings. The van der Waals surface area contributed by atoms with Gasteiger partial charge >= 0.3 is 6.03 Å². The summed E-state index contributed by atoms with van der Waals surface area (Å²) in [6.07, 6.45) is 6.59. The molecule has 0 saturated carbocycles. The van der Waals surface area contributed by atoms with Crippen molar-refractivity contribution in [3.63, 3.8) is 0 Å². The molecule has 3 N–H and O–H groups in total. The Balaban J connectivity index is 2.20. The fourth-order valence-corrected chi connectivity index (χ4v) is 1.58. The Kier molecular flexibility index (Phi) is 3.59. The Hall–Kier alpha value is -2.34. The van der Waals surface area contributed by atoms with E-state index in [4.69, 9.17) is 17.3 Å². The molecular weight excluding hydrogens is 254 g/mol. The van der Waals surface area contributed by atoms with Crippen LogP contribution in [0.2, 0.25) is 5.02 Å². The second kappa shape index (κ2) is 5.33. The molecule has 0 aliphatic carbocycles. The van der Waals surface area contributed by atoms with Gasteiger partial charge in [-0.05, 0) is 18.2 Å². The number of halogens is 1. The number of amides is 2. The number of nitrogens with one attached hydrogen (secondary N) is 1. The molecule has 2 rings (SSSR count). The molecule has 1 aromatic heterocycles. The predicted octanol–water partition coefficient (Wildman–Crippen LogP) is 1.53. The van der Waals surface area contributed by atoms with Crippen molar-refractivity contribution in [2.45, 2.75) is 0 Å². The molecule has 0 radical (unpaired) electrons. The summed E-state index contributed by atoms with van der Waals surface area (Å²) >= 11 is 6.09. The zero-order valence-electron chi connectivity index (χ0n) is 9.25. The highest BCUT2D eigenvalue weighted by Crippen LogP contribution is 2.18. The maximum Gasteiger partial charge on any atom is 0.332 e. The molecule has 0 atom stereocenters. The van der Waals surface area contributed by atoms with Crippen LogP contribution in [0.4, 0.5) is 4.79 Å². The number of primary amides is 1. The molecule has 6 nitrogen and oxygen atoms in total. The van der Waals surface area contributed by atoms with Crippen LogP contribution < -0.4 is 11.2 Å². The normalized spacial score (nSPS) is 10.7. The highest BCUT2D eigenvalue weighted by molar-refractivity contribution is 6.33. The lowest BCUT2D eigenvalue weighted by molar-refractivity contribution is 0.249. The summed E-state index contributed by atoms with van der Waals surface area (Å²) in [4.78, 5) is 14.4. The third-order valence-electron chi connectivity index (χ3n) is 2.16. The highest BCUT2D eigenvalue weighted by Gasteiger charge is 2.01. The van der Waals surface area contributed by atoms with Gasteiger partial charge in [-0.1, -0.05) is 11.6 Å².